The van der Waals surface area contributed by atoms with Crippen molar-refractivity contribution >= 4 is 23.8 Å². The van der Waals surface area contributed by atoms with Crippen LogP contribution in [0, 0.1) is 0 Å². The first-order valence-corrected chi connectivity index (χ1v) is 6.08. The van der Waals surface area contributed by atoms with Gasteiger partial charge in [-0.1, -0.05) is 0 Å². The van der Waals surface area contributed by atoms with E-state index < -0.39 is 35.4 Å². The molecule has 0 bridgehead atoms. The number of amides is 2. The first-order valence-electron chi connectivity index (χ1n) is 6.08. The van der Waals surface area contributed by atoms with Crippen LogP contribution in [0.25, 0.3) is 0 Å². The molecule has 8 nitrogen and oxygen atoms in total. The Kier molecular flexibility index (Phi) is 6.67. The predicted molar refractivity (Wildman–Crippen MR) is 68.8 cm³/mol. The van der Waals surface area contributed by atoms with Crippen LogP contribution in [0.4, 0.5) is 4.79 Å². The first-order chi connectivity index (χ1) is 9.03. The summed E-state index contributed by atoms with van der Waals surface area (Å²) < 4.78 is 4.93. The van der Waals surface area contributed by atoms with E-state index in [-0.39, 0.29) is 19.3 Å². The molecule has 0 heterocycles. The molecular formula is C12H20N2O6. The Bertz CT molecular complexity index is 399. The monoisotopic (exact) mass is 288 g/mol. The van der Waals surface area contributed by atoms with Crippen molar-refractivity contribution < 1.29 is 29.0 Å². The van der Waals surface area contributed by atoms with Gasteiger partial charge in [-0.3, -0.25) is 9.59 Å². The topological polar surface area (TPSA) is 136 Å². The van der Waals surface area contributed by atoms with Gasteiger partial charge in [0.05, 0.1) is 0 Å². The molecule has 0 unspecified atom stereocenters. The second-order valence-electron chi connectivity index (χ2n) is 5.22. The van der Waals surface area contributed by atoms with E-state index in [9.17, 15) is 19.2 Å². The molecule has 0 fully saturated rings. The van der Waals surface area contributed by atoms with Gasteiger partial charge in [0, 0.05) is 6.42 Å². The number of carboxylic acids is 1. The van der Waals surface area contributed by atoms with E-state index in [1.54, 1.807) is 20.8 Å². The summed E-state index contributed by atoms with van der Waals surface area (Å²) in [6.45, 7) is 4.94. The summed E-state index contributed by atoms with van der Waals surface area (Å²) >= 11 is 0. The number of primary amides is 1. The molecule has 8 heteroatoms. The molecule has 0 spiro atoms. The van der Waals surface area contributed by atoms with Gasteiger partial charge in [-0.2, -0.15) is 0 Å². The van der Waals surface area contributed by atoms with Gasteiger partial charge in [0.1, 0.15) is 11.6 Å². The highest BCUT2D eigenvalue weighted by Gasteiger charge is 2.24. The molecule has 0 aromatic heterocycles. The third-order valence-corrected chi connectivity index (χ3v) is 2.16. The number of nitrogens with two attached hydrogens (primary N) is 1. The van der Waals surface area contributed by atoms with Gasteiger partial charge in [-0.05, 0) is 33.6 Å². The Morgan fingerprint density at radius 1 is 1.25 bits per heavy atom. The molecule has 0 aliphatic rings. The fourth-order valence-electron chi connectivity index (χ4n) is 1.30. The van der Waals surface area contributed by atoms with Crippen molar-refractivity contribution in [3.8, 4) is 0 Å². The largest absolute Gasteiger partial charge is 0.480 e. The molecule has 2 amide bonds. The van der Waals surface area contributed by atoms with Gasteiger partial charge in [0.25, 0.3) is 5.91 Å². The van der Waals surface area contributed by atoms with Crippen LogP contribution in [0.2, 0.25) is 0 Å². The minimum Gasteiger partial charge on any atom is -0.480 e. The molecule has 0 aliphatic carbocycles. The van der Waals surface area contributed by atoms with Crippen LogP contribution in [0.5, 0.6) is 0 Å². The van der Waals surface area contributed by atoms with Crippen molar-refractivity contribution in [3.05, 3.63) is 0 Å². The van der Waals surface area contributed by atoms with Gasteiger partial charge >= 0.3 is 12.1 Å². The van der Waals surface area contributed by atoms with Crippen LogP contribution < -0.4 is 11.1 Å². The fraction of sp³-hybridized carbons (Fsp3) is 0.667. The third kappa shape index (κ3) is 8.06. The van der Waals surface area contributed by atoms with Gasteiger partial charge in [-0.25, -0.2) is 9.59 Å². The van der Waals surface area contributed by atoms with Gasteiger partial charge < -0.3 is 20.9 Å². The first kappa shape index (κ1) is 17.9. The average Bonchev–Trinajstić information content (AvgIpc) is 2.24. The maximum atomic E-state index is 11.4. The molecule has 0 aromatic rings. The molecule has 114 valence electrons. The maximum absolute atomic E-state index is 11.4. The second-order valence-corrected chi connectivity index (χ2v) is 5.22. The van der Waals surface area contributed by atoms with Gasteiger partial charge in [0.15, 0.2) is 0 Å². The van der Waals surface area contributed by atoms with E-state index >= 15 is 0 Å². The summed E-state index contributed by atoms with van der Waals surface area (Å²) in [7, 11) is 0. The van der Waals surface area contributed by atoms with Crippen LogP contribution in [0.1, 0.15) is 40.0 Å². The maximum Gasteiger partial charge on any atom is 0.408 e. The molecule has 20 heavy (non-hydrogen) atoms. The SMILES string of the molecule is CC(C)(C)OC(=O)N[C@@H](CCCC(=O)C(N)=O)C(=O)O. The zero-order valence-corrected chi connectivity index (χ0v) is 11.8. The number of carboxylic acid groups (broad SMARTS) is 1. The lowest BCUT2D eigenvalue weighted by atomic mass is 10.1. The number of aliphatic carboxylic acids is 1. The summed E-state index contributed by atoms with van der Waals surface area (Å²) in [5.41, 5.74) is 4.03. The van der Waals surface area contributed by atoms with E-state index in [4.69, 9.17) is 15.6 Å². The molecule has 0 aromatic carbocycles. The summed E-state index contributed by atoms with van der Waals surface area (Å²) in [4.78, 5) is 43.9. The standard InChI is InChI=1S/C12H20N2O6/c1-12(2,3)20-11(19)14-7(10(17)18)5-4-6-8(15)9(13)16/h7H,4-6H2,1-3H3,(H2,13,16)(H,14,19)(H,17,18)/t7-/m0/s1. The van der Waals surface area contributed by atoms with Crippen LogP contribution in [0.15, 0.2) is 0 Å². The second kappa shape index (κ2) is 7.46. The van der Waals surface area contributed by atoms with Crippen LogP contribution >= 0.6 is 0 Å². The van der Waals surface area contributed by atoms with E-state index in [1.165, 1.54) is 0 Å². The normalized spacial score (nSPS) is 12.3. The van der Waals surface area contributed by atoms with Gasteiger partial charge in [0.2, 0.25) is 5.78 Å². The zero-order chi connectivity index (χ0) is 15.9. The minimum absolute atomic E-state index is 0.00635. The predicted octanol–water partition coefficient (Wildman–Crippen LogP) is 0.189. The lowest BCUT2D eigenvalue weighted by Crippen LogP contribution is -2.43. The van der Waals surface area contributed by atoms with Crippen LogP contribution in [-0.4, -0.2) is 40.5 Å². The Hall–Kier alpha value is -2.12. The summed E-state index contributed by atoms with van der Waals surface area (Å²) in [5.74, 6) is -3.08. The molecule has 0 saturated carbocycles. The highest BCUT2D eigenvalue weighted by atomic mass is 16.6. The van der Waals surface area contributed by atoms with E-state index in [0.29, 0.717) is 0 Å². The third-order valence-electron chi connectivity index (χ3n) is 2.16. The highest BCUT2D eigenvalue weighted by molar-refractivity contribution is 6.35. The van der Waals surface area contributed by atoms with Crippen molar-refractivity contribution in [2.75, 3.05) is 0 Å². The number of hydrogen-bond acceptors (Lipinski definition) is 5. The number of Topliss-reactive ketones (excluding diaryl/α,β-unsaturated/α-hetero) is 1. The van der Waals surface area contributed by atoms with Crippen molar-refractivity contribution in [3.63, 3.8) is 0 Å². The number of rotatable bonds is 7. The van der Waals surface area contributed by atoms with Crippen molar-refractivity contribution in [2.24, 2.45) is 5.73 Å². The molecule has 1 atom stereocenters. The van der Waals surface area contributed by atoms with E-state index in [0.717, 1.165) is 0 Å². The number of ether oxygens (including phenoxy) is 1. The number of alkyl carbamates (subject to hydrolysis) is 1. The number of nitrogens with one attached hydrogen (secondary N) is 1. The lowest BCUT2D eigenvalue weighted by Gasteiger charge is -2.21. The van der Waals surface area contributed by atoms with Crippen LogP contribution in [-0.2, 0) is 19.1 Å². The molecule has 4 N–H and O–H groups in total. The fourth-order valence-corrected chi connectivity index (χ4v) is 1.30. The lowest BCUT2D eigenvalue weighted by molar-refractivity contribution is -0.140. The number of hydrogen-bond donors (Lipinski definition) is 3. The molecule has 0 saturated heterocycles. The molecule has 0 aliphatic heterocycles. The molecule has 0 radical (unpaired) electrons. The molecular weight excluding hydrogens is 268 g/mol. The number of ketones is 1. The summed E-state index contributed by atoms with van der Waals surface area (Å²) in [6.07, 6.45) is -0.900. The quantitative estimate of drug-likeness (QED) is 0.572. The Morgan fingerprint density at radius 3 is 2.20 bits per heavy atom. The molecule has 0 rings (SSSR count). The Labute approximate surface area is 116 Å². The van der Waals surface area contributed by atoms with E-state index in [2.05, 4.69) is 5.32 Å². The zero-order valence-electron chi connectivity index (χ0n) is 11.8. The number of carbonyl (C=O) groups excluding carboxylic acids is 3. The summed E-state index contributed by atoms with van der Waals surface area (Å²) in [6, 6.07) is -1.19. The van der Waals surface area contributed by atoms with Gasteiger partial charge in [-0.15, -0.1) is 0 Å². The van der Waals surface area contributed by atoms with Crippen molar-refractivity contribution in [2.45, 2.75) is 51.7 Å². The van der Waals surface area contributed by atoms with Crippen molar-refractivity contribution in [1.29, 1.82) is 0 Å². The van der Waals surface area contributed by atoms with E-state index in [1.807, 2.05) is 0 Å². The van der Waals surface area contributed by atoms with Crippen LogP contribution in [0.3, 0.4) is 0 Å². The minimum atomic E-state index is -1.25. The average molecular weight is 288 g/mol. The smallest absolute Gasteiger partial charge is 0.408 e. The Balaban J connectivity index is 4.31. The number of carbonyl (C=O) groups is 4. The van der Waals surface area contributed by atoms with Crippen molar-refractivity contribution in [1.82, 2.24) is 5.32 Å². The highest BCUT2D eigenvalue weighted by Crippen LogP contribution is 2.08. The Morgan fingerprint density at radius 2 is 1.80 bits per heavy atom. The summed E-state index contributed by atoms with van der Waals surface area (Å²) in [5, 5.41) is 11.1.